The Labute approximate surface area is 121 Å². The van der Waals surface area contributed by atoms with E-state index in [0.29, 0.717) is 6.54 Å². The van der Waals surface area contributed by atoms with Crippen molar-refractivity contribution in [2.45, 2.75) is 45.2 Å². The largest absolute Gasteiger partial charge is 0.467 e. The Hall–Kier alpha value is -1.14. The summed E-state index contributed by atoms with van der Waals surface area (Å²) in [4.78, 5) is 25.1. The lowest BCUT2D eigenvalue weighted by Crippen LogP contribution is -2.50. The summed E-state index contributed by atoms with van der Waals surface area (Å²) in [7, 11) is 1.33. The number of hydrogen-bond acceptors (Lipinski definition) is 5. The van der Waals surface area contributed by atoms with Crippen LogP contribution in [0.1, 0.15) is 33.1 Å². The SMILES string of the molecule is COC(=O)C(CNC(C)CN1CCCCC1)NC(C)=O. The molecule has 0 bridgehead atoms. The molecule has 1 rings (SSSR count). The number of nitrogens with one attached hydrogen (secondary N) is 2. The second kappa shape index (κ2) is 8.92. The van der Waals surface area contributed by atoms with Gasteiger partial charge in [0.25, 0.3) is 0 Å². The lowest BCUT2D eigenvalue weighted by atomic mass is 10.1. The zero-order chi connectivity index (χ0) is 15.0. The minimum Gasteiger partial charge on any atom is -0.467 e. The predicted octanol–water partition coefficient (Wildman–Crippen LogP) is 0.128. The monoisotopic (exact) mass is 285 g/mol. The van der Waals surface area contributed by atoms with Gasteiger partial charge in [-0.25, -0.2) is 4.79 Å². The Balaban J connectivity index is 2.33. The molecule has 0 aromatic heterocycles. The highest BCUT2D eigenvalue weighted by atomic mass is 16.5. The maximum atomic E-state index is 11.6. The second-order valence-electron chi connectivity index (χ2n) is 5.45. The Bertz CT molecular complexity index is 317. The van der Waals surface area contributed by atoms with Crippen LogP contribution < -0.4 is 10.6 Å². The van der Waals surface area contributed by atoms with E-state index in [4.69, 9.17) is 4.74 Å². The predicted molar refractivity (Wildman–Crippen MR) is 77.4 cm³/mol. The molecule has 2 atom stereocenters. The molecule has 2 unspecified atom stereocenters. The van der Waals surface area contributed by atoms with E-state index < -0.39 is 12.0 Å². The molecule has 1 aliphatic rings. The Morgan fingerprint density at radius 3 is 2.45 bits per heavy atom. The third kappa shape index (κ3) is 6.34. The fraction of sp³-hybridized carbons (Fsp3) is 0.857. The number of hydrogen-bond donors (Lipinski definition) is 2. The molecule has 6 heteroatoms. The first-order valence-corrected chi connectivity index (χ1v) is 7.33. The fourth-order valence-corrected chi connectivity index (χ4v) is 2.49. The number of amides is 1. The van der Waals surface area contributed by atoms with Crippen molar-refractivity contribution in [3.8, 4) is 0 Å². The van der Waals surface area contributed by atoms with Crippen LogP contribution in [0.15, 0.2) is 0 Å². The standard InChI is InChI=1S/C14H27N3O3/c1-11(10-17-7-5-4-6-8-17)15-9-13(14(19)20-3)16-12(2)18/h11,13,15H,4-10H2,1-3H3,(H,16,18). The molecule has 1 aliphatic heterocycles. The molecule has 0 aromatic rings. The molecule has 6 nitrogen and oxygen atoms in total. The van der Waals surface area contributed by atoms with Crippen LogP contribution in [0.5, 0.6) is 0 Å². The van der Waals surface area contributed by atoms with E-state index in [1.54, 1.807) is 0 Å². The highest BCUT2D eigenvalue weighted by molar-refractivity contribution is 5.83. The number of ether oxygens (including phenoxy) is 1. The van der Waals surface area contributed by atoms with E-state index in [9.17, 15) is 9.59 Å². The van der Waals surface area contributed by atoms with Gasteiger partial charge in [-0.3, -0.25) is 4.79 Å². The van der Waals surface area contributed by atoms with Crippen LogP contribution in [0.4, 0.5) is 0 Å². The van der Waals surface area contributed by atoms with Crippen LogP contribution in [-0.2, 0) is 14.3 Å². The van der Waals surface area contributed by atoms with Crippen molar-refractivity contribution in [2.24, 2.45) is 0 Å². The molecule has 0 aliphatic carbocycles. The molecule has 0 radical (unpaired) electrons. The second-order valence-corrected chi connectivity index (χ2v) is 5.45. The number of likely N-dealkylation sites (tertiary alicyclic amines) is 1. The van der Waals surface area contributed by atoms with E-state index >= 15 is 0 Å². The number of piperidine rings is 1. The Kier molecular flexibility index (Phi) is 7.54. The first-order valence-electron chi connectivity index (χ1n) is 7.33. The smallest absolute Gasteiger partial charge is 0.329 e. The molecule has 2 N–H and O–H groups in total. The lowest BCUT2D eigenvalue weighted by Gasteiger charge is -2.30. The molecule has 0 aromatic carbocycles. The summed E-state index contributed by atoms with van der Waals surface area (Å²) < 4.78 is 4.69. The molecule has 116 valence electrons. The molecule has 20 heavy (non-hydrogen) atoms. The van der Waals surface area contributed by atoms with Crippen molar-refractivity contribution in [3.63, 3.8) is 0 Å². The van der Waals surface area contributed by atoms with Crippen molar-refractivity contribution < 1.29 is 14.3 Å². The van der Waals surface area contributed by atoms with E-state index in [1.807, 2.05) is 0 Å². The van der Waals surface area contributed by atoms with Gasteiger partial charge in [-0.15, -0.1) is 0 Å². The number of carbonyl (C=O) groups excluding carboxylic acids is 2. The number of nitrogens with zero attached hydrogens (tertiary/aromatic N) is 1. The first kappa shape index (κ1) is 16.9. The highest BCUT2D eigenvalue weighted by Crippen LogP contribution is 2.08. The van der Waals surface area contributed by atoms with Gasteiger partial charge in [0, 0.05) is 26.1 Å². The minimum atomic E-state index is -0.624. The molecule has 1 fully saturated rings. The molecule has 1 saturated heterocycles. The summed E-state index contributed by atoms with van der Waals surface area (Å²) in [6, 6.07) is -0.352. The number of carbonyl (C=O) groups is 2. The van der Waals surface area contributed by atoms with E-state index in [0.717, 1.165) is 19.6 Å². The fourth-order valence-electron chi connectivity index (χ4n) is 2.49. The van der Waals surface area contributed by atoms with Crippen LogP contribution in [-0.4, -0.2) is 62.1 Å². The Morgan fingerprint density at radius 2 is 1.90 bits per heavy atom. The number of methoxy groups -OCH3 is 1. The maximum Gasteiger partial charge on any atom is 0.329 e. The van der Waals surface area contributed by atoms with Gasteiger partial charge in [-0.1, -0.05) is 6.42 Å². The lowest BCUT2D eigenvalue weighted by molar-refractivity contribution is -0.144. The molecule has 1 amide bonds. The zero-order valence-electron chi connectivity index (χ0n) is 12.8. The van der Waals surface area contributed by atoms with Crippen LogP contribution >= 0.6 is 0 Å². The van der Waals surface area contributed by atoms with E-state index in [1.165, 1.54) is 33.3 Å². The molecule has 0 spiro atoms. The van der Waals surface area contributed by atoms with Gasteiger partial charge in [0.1, 0.15) is 6.04 Å². The summed E-state index contributed by atoms with van der Waals surface area (Å²) in [5.74, 6) is -0.649. The summed E-state index contributed by atoms with van der Waals surface area (Å²) >= 11 is 0. The third-order valence-electron chi connectivity index (χ3n) is 3.51. The topological polar surface area (TPSA) is 70.7 Å². The van der Waals surface area contributed by atoms with Gasteiger partial charge >= 0.3 is 5.97 Å². The normalized spacial score (nSPS) is 19.1. The van der Waals surface area contributed by atoms with Gasteiger partial charge in [-0.2, -0.15) is 0 Å². The van der Waals surface area contributed by atoms with Crippen molar-refractivity contribution in [3.05, 3.63) is 0 Å². The number of esters is 1. The average Bonchev–Trinajstić information content (AvgIpc) is 2.43. The molecule has 1 heterocycles. The number of rotatable bonds is 7. The van der Waals surface area contributed by atoms with E-state index in [-0.39, 0.29) is 11.9 Å². The summed E-state index contributed by atoms with van der Waals surface area (Å²) in [5, 5.41) is 5.89. The minimum absolute atomic E-state index is 0.231. The van der Waals surface area contributed by atoms with Crippen molar-refractivity contribution >= 4 is 11.9 Å². The molecular weight excluding hydrogens is 258 g/mol. The van der Waals surface area contributed by atoms with Gasteiger partial charge in [0.2, 0.25) is 5.91 Å². The van der Waals surface area contributed by atoms with Gasteiger partial charge in [0.15, 0.2) is 0 Å². The van der Waals surface area contributed by atoms with Gasteiger partial charge < -0.3 is 20.3 Å². The highest BCUT2D eigenvalue weighted by Gasteiger charge is 2.21. The summed E-state index contributed by atoms with van der Waals surface area (Å²) in [6.07, 6.45) is 3.86. The first-order chi connectivity index (χ1) is 9.52. The van der Waals surface area contributed by atoms with Gasteiger partial charge in [-0.05, 0) is 32.9 Å². The summed E-state index contributed by atoms with van der Waals surface area (Å²) in [5.41, 5.74) is 0. The zero-order valence-corrected chi connectivity index (χ0v) is 12.8. The maximum absolute atomic E-state index is 11.6. The van der Waals surface area contributed by atoms with Crippen molar-refractivity contribution in [2.75, 3.05) is 33.3 Å². The van der Waals surface area contributed by atoms with Crippen LogP contribution in [0.25, 0.3) is 0 Å². The van der Waals surface area contributed by atoms with Crippen LogP contribution in [0, 0.1) is 0 Å². The molecule has 0 saturated carbocycles. The van der Waals surface area contributed by atoms with Crippen molar-refractivity contribution in [1.29, 1.82) is 0 Å². The van der Waals surface area contributed by atoms with Gasteiger partial charge in [0.05, 0.1) is 7.11 Å². The Morgan fingerprint density at radius 1 is 1.25 bits per heavy atom. The molecular formula is C14H27N3O3. The third-order valence-corrected chi connectivity index (χ3v) is 3.51. The quantitative estimate of drug-likeness (QED) is 0.651. The summed E-state index contributed by atoms with van der Waals surface area (Å²) in [6.45, 7) is 7.15. The van der Waals surface area contributed by atoms with Crippen LogP contribution in [0.2, 0.25) is 0 Å². The van der Waals surface area contributed by atoms with Crippen LogP contribution in [0.3, 0.4) is 0 Å². The average molecular weight is 285 g/mol. The van der Waals surface area contributed by atoms with Crippen molar-refractivity contribution in [1.82, 2.24) is 15.5 Å². The van der Waals surface area contributed by atoms with E-state index in [2.05, 4.69) is 22.5 Å².